The van der Waals surface area contributed by atoms with Gasteiger partial charge in [0.2, 0.25) is 5.91 Å². The number of esters is 2. The fraction of sp³-hybridized carbons (Fsp3) is 0.377. The molecule has 0 aliphatic carbocycles. The van der Waals surface area contributed by atoms with Gasteiger partial charge in [-0.3, -0.25) is 14.4 Å². The Labute approximate surface area is 355 Å². The standard InChI is InChI=1S/C21H22O2.C17H20O2.C12H17NO.3CH4/c1-4-21(2,3)20(22)23-14-19-17-11-7-5-9-15(17)13-16-10-6-8-12-18(16)19;1-4-17(2,3)16(18)19-12-14-10-7-9-13-8-5-6-11-15(13)14;1-4-12(2,3)11(14)13-10-8-6-5-7-9-10;;;/h5-13H,4,14H2,1-3H3;5-11H,4,12H2,1-3H3;5-9H,4H2,1-3H3,(H,13,14);3*1H4. The van der Waals surface area contributed by atoms with Gasteiger partial charge in [0.1, 0.15) is 13.2 Å². The number of hydrogen-bond donors (Lipinski definition) is 1. The van der Waals surface area contributed by atoms with Crippen molar-refractivity contribution in [3.05, 3.63) is 139 Å². The summed E-state index contributed by atoms with van der Waals surface area (Å²) in [5.74, 6) is -0.203. The zero-order valence-corrected chi connectivity index (χ0v) is 34.7. The summed E-state index contributed by atoms with van der Waals surface area (Å²) >= 11 is 0. The van der Waals surface area contributed by atoms with E-state index in [9.17, 15) is 14.4 Å². The molecule has 1 N–H and O–H groups in total. The summed E-state index contributed by atoms with van der Waals surface area (Å²) < 4.78 is 11.1. The largest absolute Gasteiger partial charge is 0.460 e. The van der Waals surface area contributed by atoms with E-state index in [1.165, 1.54) is 16.2 Å². The maximum absolute atomic E-state index is 12.3. The van der Waals surface area contributed by atoms with E-state index < -0.39 is 10.8 Å². The molecule has 0 spiro atoms. The Bertz CT molecular complexity index is 2180. The molecule has 0 heterocycles. The summed E-state index contributed by atoms with van der Waals surface area (Å²) in [5, 5.41) is 9.85. The minimum absolute atomic E-state index is 0. The lowest BCUT2D eigenvalue weighted by Gasteiger charge is -2.21. The van der Waals surface area contributed by atoms with Crippen LogP contribution in [0.15, 0.2) is 127 Å². The Morgan fingerprint density at radius 1 is 0.475 bits per heavy atom. The average Bonchev–Trinajstić information content (AvgIpc) is 3.22. The van der Waals surface area contributed by atoms with Crippen LogP contribution in [0.5, 0.6) is 0 Å². The Hall–Kier alpha value is -5.49. The highest BCUT2D eigenvalue weighted by Gasteiger charge is 2.28. The number of fused-ring (bicyclic) bond motifs is 3. The van der Waals surface area contributed by atoms with Crippen molar-refractivity contribution in [1.29, 1.82) is 0 Å². The molecule has 0 saturated heterocycles. The Kier molecular flexibility index (Phi) is 20.3. The van der Waals surface area contributed by atoms with Crippen LogP contribution in [-0.4, -0.2) is 17.8 Å². The number of carbonyl (C=O) groups is 3. The van der Waals surface area contributed by atoms with E-state index in [-0.39, 0.29) is 45.5 Å². The van der Waals surface area contributed by atoms with E-state index in [0.717, 1.165) is 52.2 Å². The summed E-state index contributed by atoms with van der Waals surface area (Å²) in [6, 6.07) is 42.4. The van der Waals surface area contributed by atoms with Gasteiger partial charge in [-0.2, -0.15) is 0 Å². The van der Waals surface area contributed by atoms with Gasteiger partial charge in [-0.15, -0.1) is 0 Å². The fourth-order valence-electron chi connectivity index (χ4n) is 5.62. The molecule has 0 radical (unpaired) electrons. The maximum atomic E-state index is 12.3. The fourth-order valence-corrected chi connectivity index (χ4v) is 5.62. The predicted octanol–water partition coefficient (Wildman–Crippen LogP) is 14.8. The molecule has 0 aromatic heterocycles. The second-order valence-corrected chi connectivity index (χ2v) is 16.1. The van der Waals surface area contributed by atoms with E-state index >= 15 is 0 Å². The first-order chi connectivity index (χ1) is 26.6. The summed E-state index contributed by atoms with van der Waals surface area (Å²) in [4.78, 5) is 36.1. The van der Waals surface area contributed by atoms with Gasteiger partial charge in [0.15, 0.2) is 0 Å². The van der Waals surface area contributed by atoms with Crippen LogP contribution in [-0.2, 0) is 37.1 Å². The molecule has 0 unspecified atom stereocenters. The molecular formula is C53H71NO5. The maximum Gasteiger partial charge on any atom is 0.311 e. The van der Waals surface area contributed by atoms with Gasteiger partial charge in [0, 0.05) is 16.7 Å². The van der Waals surface area contributed by atoms with Crippen LogP contribution in [0.4, 0.5) is 5.69 Å². The molecule has 0 aliphatic heterocycles. The lowest BCUT2D eigenvalue weighted by molar-refractivity contribution is -0.156. The molecule has 0 aliphatic rings. The van der Waals surface area contributed by atoms with Crippen molar-refractivity contribution < 1.29 is 23.9 Å². The monoisotopic (exact) mass is 802 g/mol. The van der Waals surface area contributed by atoms with Crippen LogP contribution in [0.3, 0.4) is 0 Å². The molecule has 318 valence electrons. The van der Waals surface area contributed by atoms with Crippen LogP contribution in [0, 0.1) is 16.2 Å². The van der Waals surface area contributed by atoms with Crippen molar-refractivity contribution in [1.82, 2.24) is 0 Å². The summed E-state index contributed by atoms with van der Waals surface area (Å²) in [6.07, 6.45) is 2.38. The highest BCUT2D eigenvalue weighted by Crippen LogP contribution is 2.31. The van der Waals surface area contributed by atoms with Crippen molar-refractivity contribution in [2.24, 2.45) is 16.2 Å². The third kappa shape index (κ3) is 13.8. The van der Waals surface area contributed by atoms with E-state index in [1.807, 2.05) is 141 Å². The highest BCUT2D eigenvalue weighted by molar-refractivity contribution is 6.02. The quantitative estimate of drug-likeness (QED) is 0.104. The first-order valence-electron chi connectivity index (χ1n) is 19.7. The van der Waals surface area contributed by atoms with Crippen molar-refractivity contribution in [2.75, 3.05) is 5.32 Å². The normalized spacial score (nSPS) is 10.9. The Morgan fingerprint density at radius 2 is 0.881 bits per heavy atom. The minimum atomic E-state index is -0.444. The number of amides is 1. The molecule has 6 aromatic rings. The number of anilines is 1. The molecule has 0 atom stereocenters. The smallest absolute Gasteiger partial charge is 0.311 e. The van der Waals surface area contributed by atoms with E-state index in [2.05, 4.69) is 53.8 Å². The number of ether oxygens (including phenoxy) is 2. The number of para-hydroxylation sites is 1. The molecule has 1 amide bonds. The lowest BCUT2D eigenvalue weighted by atomic mass is 9.89. The van der Waals surface area contributed by atoms with Crippen LogP contribution < -0.4 is 5.32 Å². The number of benzene rings is 6. The SMILES string of the molecule is C.C.C.CCC(C)(C)C(=O)Nc1ccccc1.CCC(C)(C)C(=O)OCc1c2ccccc2cc2ccccc12.CCC(C)(C)C(=O)OCc1cccc2ccccc12. The minimum Gasteiger partial charge on any atom is -0.460 e. The average molecular weight is 802 g/mol. The lowest BCUT2D eigenvalue weighted by Crippen LogP contribution is -2.29. The van der Waals surface area contributed by atoms with Gasteiger partial charge in [-0.1, -0.05) is 166 Å². The van der Waals surface area contributed by atoms with Crippen LogP contribution >= 0.6 is 0 Å². The molecule has 0 fully saturated rings. The molecule has 0 saturated carbocycles. The summed E-state index contributed by atoms with van der Waals surface area (Å²) in [7, 11) is 0. The first-order valence-corrected chi connectivity index (χ1v) is 19.7. The Morgan fingerprint density at radius 3 is 1.37 bits per heavy atom. The van der Waals surface area contributed by atoms with Gasteiger partial charge < -0.3 is 14.8 Å². The number of rotatable bonds is 11. The molecule has 0 bridgehead atoms. The molecule has 6 rings (SSSR count). The molecule has 6 aromatic carbocycles. The number of nitrogens with one attached hydrogen (secondary N) is 1. The Balaban J connectivity index is 0.000000444. The van der Waals surface area contributed by atoms with Crippen LogP contribution in [0.1, 0.15) is 115 Å². The van der Waals surface area contributed by atoms with Gasteiger partial charge in [-0.05, 0) is 103 Å². The highest BCUT2D eigenvalue weighted by atomic mass is 16.5. The predicted molar refractivity (Wildman–Crippen MR) is 252 cm³/mol. The van der Waals surface area contributed by atoms with E-state index in [4.69, 9.17) is 9.47 Å². The van der Waals surface area contributed by atoms with Gasteiger partial charge in [-0.25, -0.2) is 0 Å². The van der Waals surface area contributed by atoms with Gasteiger partial charge in [0.25, 0.3) is 0 Å². The van der Waals surface area contributed by atoms with Crippen molar-refractivity contribution >= 4 is 55.9 Å². The number of carbonyl (C=O) groups excluding carboxylic acids is 3. The summed E-state index contributed by atoms with van der Waals surface area (Å²) in [6.45, 7) is 18.3. The van der Waals surface area contributed by atoms with E-state index in [1.54, 1.807) is 0 Å². The zero-order valence-electron chi connectivity index (χ0n) is 34.7. The van der Waals surface area contributed by atoms with Gasteiger partial charge >= 0.3 is 11.9 Å². The zero-order chi connectivity index (χ0) is 40.9. The first kappa shape index (κ1) is 51.5. The second-order valence-electron chi connectivity index (χ2n) is 16.1. The third-order valence-corrected chi connectivity index (χ3v) is 10.9. The molecule has 6 nitrogen and oxygen atoms in total. The van der Waals surface area contributed by atoms with Crippen molar-refractivity contribution in [3.8, 4) is 0 Å². The van der Waals surface area contributed by atoms with E-state index in [0.29, 0.717) is 13.2 Å². The molecule has 6 heteroatoms. The van der Waals surface area contributed by atoms with Gasteiger partial charge in [0.05, 0.1) is 10.8 Å². The van der Waals surface area contributed by atoms with Crippen LogP contribution in [0.25, 0.3) is 32.3 Å². The van der Waals surface area contributed by atoms with Crippen molar-refractivity contribution in [3.63, 3.8) is 0 Å². The number of hydrogen-bond acceptors (Lipinski definition) is 5. The second kappa shape index (κ2) is 23.2. The van der Waals surface area contributed by atoms with Crippen molar-refractivity contribution in [2.45, 2.75) is 117 Å². The molecular weight excluding hydrogens is 731 g/mol. The molecule has 59 heavy (non-hydrogen) atoms. The topological polar surface area (TPSA) is 81.7 Å². The third-order valence-electron chi connectivity index (χ3n) is 10.9. The summed E-state index contributed by atoms with van der Waals surface area (Å²) in [5.41, 5.74) is 1.84. The van der Waals surface area contributed by atoms with Crippen LogP contribution in [0.2, 0.25) is 0 Å².